The Kier molecular flexibility index (Phi) is 6.08. The first-order chi connectivity index (χ1) is 11.1. The highest BCUT2D eigenvalue weighted by Crippen LogP contribution is 2.30. The molecule has 1 unspecified atom stereocenters. The molecule has 1 saturated heterocycles. The van der Waals surface area contributed by atoms with E-state index >= 15 is 0 Å². The highest BCUT2D eigenvalue weighted by molar-refractivity contribution is 5.74. The molecule has 0 radical (unpaired) electrons. The maximum atomic E-state index is 11.8. The predicted octanol–water partition coefficient (Wildman–Crippen LogP) is 1.44. The summed E-state index contributed by atoms with van der Waals surface area (Å²) in [6.45, 7) is 1.94. The van der Waals surface area contributed by atoms with Gasteiger partial charge in [0.05, 0.1) is 12.8 Å². The van der Waals surface area contributed by atoms with Gasteiger partial charge in [0.2, 0.25) is 0 Å². The molecule has 1 aliphatic heterocycles. The second-order valence-electron chi connectivity index (χ2n) is 5.50. The van der Waals surface area contributed by atoms with Gasteiger partial charge in [-0.05, 0) is 25.0 Å². The number of hydrogen-bond donors (Lipinski definition) is 3. The molecule has 1 heterocycles. The van der Waals surface area contributed by atoms with Gasteiger partial charge in [-0.3, -0.25) is 4.79 Å². The van der Waals surface area contributed by atoms with Crippen molar-refractivity contribution >= 4 is 17.7 Å². The topological polar surface area (TPSA) is 90.9 Å². The smallest absolute Gasteiger partial charge is 0.315 e. The Bertz CT molecular complexity index is 550. The first-order valence-corrected chi connectivity index (χ1v) is 7.74. The van der Waals surface area contributed by atoms with Gasteiger partial charge >= 0.3 is 12.0 Å². The summed E-state index contributed by atoms with van der Waals surface area (Å²) < 4.78 is 5.37. The number of carboxylic acids is 1. The number of carbonyl (C=O) groups is 2. The summed E-state index contributed by atoms with van der Waals surface area (Å²) in [6.07, 6.45) is 1.35. The molecule has 1 fully saturated rings. The minimum absolute atomic E-state index is 0.0608. The van der Waals surface area contributed by atoms with Crippen LogP contribution < -0.4 is 20.3 Å². The zero-order valence-corrected chi connectivity index (χ0v) is 13.2. The lowest BCUT2D eigenvalue weighted by Gasteiger charge is -2.21. The second-order valence-corrected chi connectivity index (χ2v) is 5.50. The molecule has 1 aromatic carbocycles. The summed E-state index contributed by atoms with van der Waals surface area (Å²) in [6, 6.07) is 7.65. The van der Waals surface area contributed by atoms with Crippen LogP contribution in [0, 0.1) is 0 Å². The van der Waals surface area contributed by atoms with Gasteiger partial charge in [0.1, 0.15) is 5.75 Å². The maximum Gasteiger partial charge on any atom is 0.315 e. The molecule has 0 aliphatic carbocycles. The molecule has 7 heteroatoms. The number of methoxy groups -OCH3 is 1. The molecule has 3 N–H and O–H groups in total. The van der Waals surface area contributed by atoms with Crippen LogP contribution in [0.4, 0.5) is 10.5 Å². The van der Waals surface area contributed by atoms with Gasteiger partial charge in [-0.1, -0.05) is 12.1 Å². The van der Waals surface area contributed by atoms with Crippen LogP contribution in [0.1, 0.15) is 19.3 Å². The van der Waals surface area contributed by atoms with E-state index in [0.717, 1.165) is 30.9 Å². The molecule has 2 amide bonds. The number of ether oxygens (including phenoxy) is 1. The molecule has 1 aromatic rings. The fourth-order valence-electron chi connectivity index (χ4n) is 2.67. The maximum absolute atomic E-state index is 11.8. The van der Waals surface area contributed by atoms with Crippen LogP contribution in [-0.2, 0) is 4.79 Å². The average molecular weight is 321 g/mol. The quantitative estimate of drug-likeness (QED) is 0.661. The SMILES string of the molecule is COc1ccccc1N1CCC(NC(=O)NCCCC(=O)O)C1. The van der Waals surface area contributed by atoms with Crippen LogP contribution in [-0.4, -0.2) is 49.9 Å². The fraction of sp³-hybridized carbons (Fsp3) is 0.500. The van der Waals surface area contributed by atoms with Crippen molar-refractivity contribution in [1.29, 1.82) is 0 Å². The van der Waals surface area contributed by atoms with Crippen molar-refractivity contribution in [3.8, 4) is 5.75 Å². The zero-order valence-electron chi connectivity index (χ0n) is 13.2. The summed E-state index contributed by atoms with van der Waals surface area (Å²) in [7, 11) is 1.65. The lowest BCUT2D eigenvalue weighted by Crippen LogP contribution is -2.43. The molecular weight excluding hydrogens is 298 g/mol. The number of carboxylic acid groups (broad SMARTS) is 1. The number of urea groups is 1. The first-order valence-electron chi connectivity index (χ1n) is 7.74. The van der Waals surface area contributed by atoms with E-state index in [1.54, 1.807) is 7.11 Å². The monoisotopic (exact) mass is 321 g/mol. The Morgan fingerprint density at radius 3 is 2.91 bits per heavy atom. The third kappa shape index (κ3) is 5.05. The van der Waals surface area contributed by atoms with Crippen molar-refractivity contribution in [2.45, 2.75) is 25.3 Å². The highest BCUT2D eigenvalue weighted by Gasteiger charge is 2.25. The van der Waals surface area contributed by atoms with E-state index in [-0.39, 0.29) is 18.5 Å². The van der Waals surface area contributed by atoms with Crippen molar-refractivity contribution in [2.75, 3.05) is 31.6 Å². The van der Waals surface area contributed by atoms with E-state index in [9.17, 15) is 9.59 Å². The number of carbonyl (C=O) groups excluding carboxylic acids is 1. The molecule has 2 rings (SSSR count). The lowest BCUT2D eigenvalue weighted by atomic mass is 10.2. The van der Waals surface area contributed by atoms with Gasteiger partial charge in [-0.2, -0.15) is 0 Å². The van der Waals surface area contributed by atoms with E-state index < -0.39 is 5.97 Å². The van der Waals surface area contributed by atoms with Crippen LogP contribution in [0.25, 0.3) is 0 Å². The van der Waals surface area contributed by atoms with Crippen molar-refractivity contribution in [3.63, 3.8) is 0 Å². The molecule has 7 nitrogen and oxygen atoms in total. The third-order valence-corrected chi connectivity index (χ3v) is 3.80. The Labute approximate surface area is 135 Å². The number of aliphatic carboxylic acids is 1. The Morgan fingerprint density at radius 2 is 2.17 bits per heavy atom. The van der Waals surface area contributed by atoms with Gasteiger partial charge in [-0.25, -0.2) is 4.79 Å². The molecule has 0 bridgehead atoms. The number of amides is 2. The van der Waals surface area contributed by atoms with Crippen LogP contribution in [0.15, 0.2) is 24.3 Å². The average Bonchev–Trinajstić information content (AvgIpc) is 2.99. The van der Waals surface area contributed by atoms with Crippen LogP contribution in [0.5, 0.6) is 5.75 Å². The molecule has 126 valence electrons. The van der Waals surface area contributed by atoms with Gasteiger partial charge in [0.25, 0.3) is 0 Å². The van der Waals surface area contributed by atoms with Gasteiger partial charge in [0, 0.05) is 32.1 Å². The number of rotatable bonds is 7. The summed E-state index contributed by atoms with van der Waals surface area (Å²) in [5, 5.41) is 14.2. The van der Waals surface area contributed by atoms with E-state index in [0.29, 0.717) is 13.0 Å². The van der Waals surface area contributed by atoms with Crippen LogP contribution in [0.2, 0.25) is 0 Å². The fourth-order valence-corrected chi connectivity index (χ4v) is 2.67. The molecular formula is C16H23N3O4. The zero-order chi connectivity index (χ0) is 16.7. The third-order valence-electron chi connectivity index (χ3n) is 3.80. The number of anilines is 1. The number of para-hydroxylation sites is 2. The van der Waals surface area contributed by atoms with Gasteiger partial charge < -0.3 is 25.4 Å². The summed E-state index contributed by atoms with van der Waals surface area (Å²) in [5.74, 6) is -0.0262. The predicted molar refractivity (Wildman–Crippen MR) is 87.0 cm³/mol. The second kappa shape index (κ2) is 8.26. The number of benzene rings is 1. The van der Waals surface area contributed by atoms with Crippen LogP contribution >= 0.6 is 0 Å². The molecule has 0 aromatic heterocycles. The number of nitrogens with one attached hydrogen (secondary N) is 2. The minimum atomic E-state index is -0.851. The van der Waals surface area contributed by atoms with Crippen molar-refractivity contribution in [2.24, 2.45) is 0 Å². The van der Waals surface area contributed by atoms with E-state index in [1.807, 2.05) is 24.3 Å². The van der Waals surface area contributed by atoms with E-state index in [2.05, 4.69) is 15.5 Å². The summed E-state index contributed by atoms with van der Waals surface area (Å²) in [4.78, 5) is 24.4. The Hall–Kier alpha value is -2.44. The Morgan fingerprint density at radius 1 is 1.39 bits per heavy atom. The van der Waals surface area contributed by atoms with E-state index in [1.165, 1.54) is 0 Å². The minimum Gasteiger partial charge on any atom is -0.495 e. The van der Waals surface area contributed by atoms with E-state index in [4.69, 9.17) is 9.84 Å². The molecule has 0 saturated carbocycles. The largest absolute Gasteiger partial charge is 0.495 e. The van der Waals surface area contributed by atoms with Crippen LogP contribution in [0.3, 0.4) is 0 Å². The van der Waals surface area contributed by atoms with Crippen molar-refractivity contribution in [3.05, 3.63) is 24.3 Å². The molecule has 1 atom stereocenters. The van der Waals surface area contributed by atoms with Crippen molar-refractivity contribution < 1.29 is 19.4 Å². The van der Waals surface area contributed by atoms with Gasteiger partial charge in [-0.15, -0.1) is 0 Å². The molecule has 0 spiro atoms. The number of nitrogens with zero attached hydrogens (tertiary/aromatic N) is 1. The van der Waals surface area contributed by atoms with Gasteiger partial charge in [0.15, 0.2) is 0 Å². The molecule has 23 heavy (non-hydrogen) atoms. The summed E-state index contributed by atoms with van der Waals surface area (Å²) in [5.41, 5.74) is 1.03. The Balaban J connectivity index is 1.77. The standard InChI is InChI=1S/C16H23N3O4/c1-23-14-6-3-2-5-13(14)19-10-8-12(11-19)18-16(22)17-9-4-7-15(20)21/h2-3,5-6,12H,4,7-11H2,1H3,(H,20,21)(H2,17,18,22). The summed E-state index contributed by atoms with van der Waals surface area (Å²) >= 11 is 0. The number of hydrogen-bond acceptors (Lipinski definition) is 4. The molecule has 1 aliphatic rings. The normalized spacial score (nSPS) is 16.9. The lowest BCUT2D eigenvalue weighted by molar-refractivity contribution is -0.137. The first kappa shape index (κ1) is 16.9. The highest BCUT2D eigenvalue weighted by atomic mass is 16.5. The van der Waals surface area contributed by atoms with Crippen molar-refractivity contribution in [1.82, 2.24) is 10.6 Å².